The SMILES string of the molecule is COc1ccccc1CC(C)CC(=O)NCc1nc(C(=O)O)cs1. The van der Waals surface area contributed by atoms with Crippen LogP contribution in [0, 0.1) is 5.92 Å². The number of aromatic carboxylic acids is 1. The zero-order valence-electron chi connectivity index (χ0n) is 13.6. The number of benzene rings is 1. The van der Waals surface area contributed by atoms with Crippen molar-refractivity contribution in [3.8, 4) is 5.75 Å². The summed E-state index contributed by atoms with van der Waals surface area (Å²) < 4.78 is 5.32. The van der Waals surface area contributed by atoms with Crippen molar-refractivity contribution in [2.75, 3.05) is 7.11 Å². The molecule has 0 saturated carbocycles. The number of carboxylic acids is 1. The van der Waals surface area contributed by atoms with Gasteiger partial charge in [0.2, 0.25) is 5.91 Å². The van der Waals surface area contributed by atoms with Crippen molar-refractivity contribution in [1.82, 2.24) is 10.3 Å². The molecule has 2 rings (SSSR count). The molecular weight excluding hydrogens is 328 g/mol. The number of para-hydroxylation sites is 1. The standard InChI is InChI=1S/C17H20N2O4S/c1-11(7-12-5-3-4-6-14(12)23-2)8-15(20)18-9-16-19-13(10-24-16)17(21)22/h3-6,10-11H,7-9H2,1-2H3,(H,18,20)(H,21,22). The molecule has 128 valence electrons. The lowest BCUT2D eigenvalue weighted by molar-refractivity contribution is -0.122. The summed E-state index contributed by atoms with van der Waals surface area (Å²) in [4.78, 5) is 26.7. The quantitative estimate of drug-likeness (QED) is 0.766. The number of rotatable bonds is 8. The molecule has 24 heavy (non-hydrogen) atoms. The summed E-state index contributed by atoms with van der Waals surface area (Å²) in [5.74, 6) is -0.153. The fourth-order valence-electron chi connectivity index (χ4n) is 2.37. The van der Waals surface area contributed by atoms with Crippen LogP contribution in [-0.2, 0) is 17.8 Å². The van der Waals surface area contributed by atoms with Crippen LogP contribution in [0.2, 0.25) is 0 Å². The van der Waals surface area contributed by atoms with Crippen LogP contribution in [0.15, 0.2) is 29.6 Å². The van der Waals surface area contributed by atoms with E-state index in [2.05, 4.69) is 10.3 Å². The Morgan fingerprint density at radius 1 is 1.38 bits per heavy atom. The van der Waals surface area contributed by atoms with E-state index < -0.39 is 5.97 Å². The number of hydrogen-bond acceptors (Lipinski definition) is 5. The molecule has 0 radical (unpaired) electrons. The number of aromatic nitrogens is 1. The van der Waals surface area contributed by atoms with Crippen molar-refractivity contribution in [2.45, 2.75) is 26.3 Å². The maximum atomic E-state index is 12.0. The molecule has 0 aliphatic rings. The lowest BCUT2D eigenvalue weighted by Gasteiger charge is -2.13. The van der Waals surface area contributed by atoms with Gasteiger partial charge in [-0.3, -0.25) is 4.79 Å². The number of carbonyl (C=O) groups excluding carboxylic acids is 1. The van der Waals surface area contributed by atoms with E-state index in [1.807, 2.05) is 31.2 Å². The first-order valence-corrected chi connectivity index (χ1v) is 8.44. The van der Waals surface area contributed by atoms with Crippen LogP contribution in [-0.4, -0.2) is 29.1 Å². The monoisotopic (exact) mass is 348 g/mol. The number of ether oxygens (including phenoxy) is 1. The number of nitrogens with one attached hydrogen (secondary N) is 1. The summed E-state index contributed by atoms with van der Waals surface area (Å²) in [6.45, 7) is 2.26. The average Bonchev–Trinajstić information content (AvgIpc) is 3.02. The zero-order chi connectivity index (χ0) is 17.5. The zero-order valence-corrected chi connectivity index (χ0v) is 14.4. The van der Waals surface area contributed by atoms with E-state index in [9.17, 15) is 9.59 Å². The minimum absolute atomic E-state index is 0.00814. The normalized spacial score (nSPS) is 11.8. The van der Waals surface area contributed by atoms with Gasteiger partial charge in [-0.15, -0.1) is 11.3 Å². The van der Waals surface area contributed by atoms with E-state index in [4.69, 9.17) is 9.84 Å². The summed E-state index contributed by atoms with van der Waals surface area (Å²) in [5.41, 5.74) is 1.08. The van der Waals surface area contributed by atoms with E-state index in [1.54, 1.807) is 7.11 Å². The third-order valence-corrected chi connectivity index (χ3v) is 4.35. The van der Waals surface area contributed by atoms with Gasteiger partial charge in [-0.1, -0.05) is 25.1 Å². The molecule has 1 atom stereocenters. The highest BCUT2D eigenvalue weighted by Crippen LogP contribution is 2.22. The molecule has 0 spiro atoms. The molecule has 6 nitrogen and oxygen atoms in total. The number of methoxy groups -OCH3 is 1. The largest absolute Gasteiger partial charge is 0.496 e. The minimum Gasteiger partial charge on any atom is -0.496 e. The molecule has 0 saturated heterocycles. The first kappa shape index (κ1) is 17.9. The second-order valence-corrected chi connectivity index (χ2v) is 6.48. The highest BCUT2D eigenvalue weighted by molar-refractivity contribution is 7.09. The molecule has 0 aliphatic carbocycles. The van der Waals surface area contributed by atoms with Gasteiger partial charge in [0.1, 0.15) is 10.8 Å². The Bertz CT molecular complexity index is 714. The fourth-order valence-corrected chi connectivity index (χ4v) is 3.08. The molecule has 2 aromatic rings. The third-order valence-electron chi connectivity index (χ3n) is 3.50. The first-order valence-electron chi connectivity index (χ1n) is 7.56. The van der Waals surface area contributed by atoms with Crippen molar-refractivity contribution >= 4 is 23.2 Å². The van der Waals surface area contributed by atoms with Gasteiger partial charge in [0, 0.05) is 11.8 Å². The number of thiazole rings is 1. The van der Waals surface area contributed by atoms with Crippen molar-refractivity contribution in [1.29, 1.82) is 0 Å². The topological polar surface area (TPSA) is 88.5 Å². The number of amides is 1. The molecule has 1 amide bonds. The lowest BCUT2D eigenvalue weighted by Crippen LogP contribution is -2.25. The Morgan fingerprint density at radius 2 is 2.12 bits per heavy atom. The van der Waals surface area contributed by atoms with Gasteiger partial charge in [-0.25, -0.2) is 9.78 Å². The van der Waals surface area contributed by atoms with Crippen LogP contribution in [0.4, 0.5) is 0 Å². The molecule has 0 aliphatic heterocycles. The van der Waals surface area contributed by atoms with Gasteiger partial charge < -0.3 is 15.2 Å². The molecule has 7 heteroatoms. The van der Waals surface area contributed by atoms with Gasteiger partial charge in [0.25, 0.3) is 0 Å². The van der Waals surface area contributed by atoms with Crippen LogP contribution in [0.1, 0.15) is 34.4 Å². The molecule has 1 aromatic carbocycles. The van der Waals surface area contributed by atoms with E-state index >= 15 is 0 Å². The highest BCUT2D eigenvalue weighted by Gasteiger charge is 2.13. The predicted octanol–water partition coefficient (Wildman–Crippen LogP) is 2.74. The van der Waals surface area contributed by atoms with E-state index in [0.717, 1.165) is 17.7 Å². The number of nitrogens with zero attached hydrogens (tertiary/aromatic N) is 1. The second kappa shape index (κ2) is 8.44. The summed E-state index contributed by atoms with van der Waals surface area (Å²) in [7, 11) is 1.63. The average molecular weight is 348 g/mol. The third kappa shape index (κ3) is 5.06. The Balaban J connectivity index is 1.81. The predicted molar refractivity (Wildman–Crippen MR) is 91.4 cm³/mol. The highest BCUT2D eigenvalue weighted by atomic mass is 32.1. The van der Waals surface area contributed by atoms with Crippen LogP contribution in [0.5, 0.6) is 5.75 Å². The molecule has 1 heterocycles. The Kier molecular flexibility index (Phi) is 6.31. The lowest BCUT2D eigenvalue weighted by atomic mass is 9.97. The molecule has 1 aromatic heterocycles. The molecule has 2 N–H and O–H groups in total. The summed E-state index contributed by atoms with van der Waals surface area (Å²) >= 11 is 1.22. The Morgan fingerprint density at radius 3 is 2.79 bits per heavy atom. The summed E-state index contributed by atoms with van der Waals surface area (Å²) in [6, 6.07) is 7.77. The van der Waals surface area contributed by atoms with Gasteiger partial charge in [0.05, 0.1) is 13.7 Å². The van der Waals surface area contributed by atoms with Gasteiger partial charge >= 0.3 is 5.97 Å². The molecular formula is C17H20N2O4S. The van der Waals surface area contributed by atoms with Crippen LogP contribution >= 0.6 is 11.3 Å². The van der Waals surface area contributed by atoms with E-state index in [1.165, 1.54) is 16.7 Å². The second-order valence-electron chi connectivity index (χ2n) is 5.53. The molecule has 0 fully saturated rings. The van der Waals surface area contributed by atoms with Crippen LogP contribution < -0.4 is 10.1 Å². The summed E-state index contributed by atoms with van der Waals surface area (Å²) in [6.07, 6.45) is 1.13. The van der Waals surface area contributed by atoms with Gasteiger partial charge in [-0.2, -0.15) is 0 Å². The smallest absolute Gasteiger partial charge is 0.355 e. The van der Waals surface area contributed by atoms with Gasteiger partial charge in [-0.05, 0) is 24.0 Å². The number of carbonyl (C=O) groups is 2. The van der Waals surface area contributed by atoms with Gasteiger partial charge in [0.15, 0.2) is 5.69 Å². The molecule has 0 bridgehead atoms. The summed E-state index contributed by atoms with van der Waals surface area (Å²) in [5, 5.41) is 13.7. The fraction of sp³-hybridized carbons (Fsp3) is 0.353. The van der Waals surface area contributed by atoms with Crippen molar-refractivity contribution in [3.63, 3.8) is 0 Å². The first-order chi connectivity index (χ1) is 11.5. The maximum Gasteiger partial charge on any atom is 0.355 e. The van der Waals surface area contributed by atoms with E-state index in [0.29, 0.717) is 11.4 Å². The molecule has 1 unspecified atom stereocenters. The van der Waals surface area contributed by atoms with Crippen LogP contribution in [0.3, 0.4) is 0 Å². The maximum absolute atomic E-state index is 12.0. The van der Waals surface area contributed by atoms with Crippen molar-refractivity contribution < 1.29 is 19.4 Å². The van der Waals surface area contributed by atoms with Crippen LogP contribution in [0.25, 0.3) is 0 Å². The Labute approximate surface area is 144 Å². The number of hydrogen-bond donors (Lipinski definition) is 2. The van der Waals surface area contributed by atoms with E-state index in [-0.39, 0.29) is 24.1 Å². The minimum atomic E-state index is -1.06. The van der Waals surface area contributed by atoms with Crippen molar-refractivity contribution in [3.05, 3.63) is 45.9 Å². The Hall–Kier alpha value is -2.41. The van der Waals surface area contributed by atoms with Crippen molar-refractivity contribution in [2.24, 2.45) is 5.92 Å². The number of carboxylic acid groups (broad SMARTS) is 1.